The first-order valence-electron chi connectivity index (χ1n) is 22.0. The van der Waals surface area contributed by atoms with Crippen LogP contribution in [0.25, 0.3) is 0 Å². The number of hydrogen-bond donors (Lipinski definition) is 2. The highest BCUT2D eigenvalue weighted by atomic mass is 16.6. The standard InChI is InChI=1S/C45H64N6O8.CH4/c1-32-28-34(29-33(2)42(32)53)30-40(59-45(56)50-20-13-38(14-21-50)51-22-12-37-6-3-4-7-39(37)46-44(51)55)43(54)49-18-10-36(11-19-49)35-8-16-48(17-9-35)31-41(52)58-25-5-15-47-23-26-57-27-24-47;/h3-4,6-7,28-29,35-36,38,40,53H,5,8-27,30-31H2,1-2H3,(H,46,55);1H4/t40-;/m1./s1. The molecule has 2 aromatic rings. The summed E-state index contributed by atoms with van der Waals surface area (Å²) < 4.78 is 17.1. The molecule has 14 nitrogen and oxygen atoms in total. The number of carbonyl (C=O) groups is 4. The third kappa shape index (κ3) is 11.7. The number of phenols is 1. The molecule has 0 aliphatic carbocycles. The first-order chi connectivity index (χ1) is 28.6. The zero-order valence-electron chi connectivity index (χ0n) is 35.1. The van der Waals surface area contributed by atoms with E-state index in [2.05, 4.69) is 15.1 Å². The number of phenolic OH excluding ortho intramolecular Hbond substituents is 1. The van der Waals surface area contributed by atoms with E-state index in [-0.39, 0.29) is 43.5 Å². The number of nitrogens with one attached hydrogen (secondary N) is 1. The van der Waals surface area contributed by atoms with Gasteiger partial charge >= 0.3 is 18.1 Å². The Kier molecular flexibility index (Phi) is 16.1. The second-order valence-electron chi connectivity index (χ2n) is 17.2. The normalized spacial score (nSPS) is 20.7. The number of nitrogens with zero attached hydrogens (tertiary/aromatic N) is 5. The van der Waals surface area contributed by atoms with E-state index >= 15 is 0 Å². The molecule has 5 heterocycles. The summed E-state index contributed by atoms with van der Waals surface area (Å²) in [5.41, 5.74) is 4.22. The number of hydrogen-bond acceptors (Lipinski definition) is 10. The summed E-state index contributed by atoms with van der Waals surface area (Å²) >= 11 is 0. The highest BCUT2D eigenvalue weighted by Crippen LogP contribution is 2.33. The van der Waals surface area contributed by atoms with Crippen molar-refractivity contribution in [2.24, 2.45) is 11.8 Å². The summed E-state index contributed by atoms with van der Waals surface area (Å²) in [6.07, 6.45) is 5.38. The smallest absolute Gasteiger partial charge is 0.410 e. The van der Waals surface area contributed by atoms with Gasteiger partial charge in [-0.25, -0.2) is 9.59 Å². The Hall–Kier alpha value is -4.40. The quantitative estimate of drug-likeness (QED) is 0.209. The first-order valence-corrected chi connectivity index (χ1v) is 22.0. The highest BCUT2D eigenvalue weighted by molar-refractivity contribution is 5.91. The van der Waals surface area contributed by atoms with Gasteiger partial charge < -0.3 is 39.3 Å². The van der Waals surface area contributed by atoms with Crippen LogP contribution in [0.5, 0.6) is 5.75 Å². The lowest BCUT2D eigenvalue weighted by molar-refractivity contribution is -0.145. The monoisotopic (exact) mass is 833 g/mol. The van der Waals surface area contributed by atoms with Gasteiger partial charge in [0, 0.05) is 70.5 Å². The van der Waals surface area contributed by atoms with E-state index in [4.69, 9.17) is 14.2 Å². The molecular weight excluding hydrogens is 765 g/mol. The predicted molar refractivity (Wildman–Crippen MR) is 230 cm³/mol. The van der Waals surface area contributed by atoms with Crippen LogP contribution < -0.4 is 5.32 Å². The molecule has 0 spiro atoms. The number of para-hydroxylation sites is 1. The molecule has 4 fully saturated rings. The van der Waals surface area contributed by atoms with Crippen molar-refractivity contribution < 1.29 is 38.5 Å². The van der Waals surface area contributed by atoms with Crippen molar-refractivity contribution in [2.75, 3.05) is 97.1 Å². The topological polar surface area (TPSA) is 144 Å². The summed E-state index contributed by atoms with van der Waals surface area (Å²) in [6, 6.07) is 11.5. The van der Waals surface area contributed by atoms with Gasteiger partial charge in [-0.1, -0.05) is 37.8 Å². The number of amides is 4. The minimum absolute atomic E-state index is 0. The molecule has 330 valence electrons. The van der Waals surface area contributed by atoms with E-state index in [1.54, 1.807) is 4.90 Å². The molecule has 2 aromatic carbocycles. The minimum atomic E-state index is -1.00. The van der Waals surface area contributed by atoms with Crippen molar-refractivity contribution in [3.63, 3.8) is 0 Å². The maximum Gasteiger partial charge on any atom is 0.410 e. The highest BCUT2D eigenvalue weighted by Gasteiger charge is 2.37. The number of aryl methyl sites for hydroxylation is 2. The van der Waals surface area contributed by atoms with E-state index < -0.39 is 12.2 Å². The fourth-order valence-electron chi connectivity index (χ4n) is 9.76. The number of anilines is 1. The number of esters is 1. The molecule has 0 unspecified atom stereocenters. The second-order valence-corrected chi connectivity index (χ2v) is 17.2. The number of morpholine rings is 1. The summed E-state index contributed by atoms with van der Waals surface area (Å²) in [5.74, 6) is 0.931. The van der Waals surface area contributed by atoms with Crippen molar-refractivity contribution >= 4 is 29.7 Å². The van der Waals surface area contributed by atoms with Gasteiger partial charge in [0.25, 0.3) is 5.91 Å². The molecule has 4 saturated heterocycles. The molecule has 7 rings (SSSR count). The zero-order chi connectivity index (χ0) is 41.3. The van der Waals surface area contributed by atoms with Crippen LogP contribution in [0.3, 0.4) is 0 Å². The Morgan fingerprint density at radius 3 is 2.15 bits per heavy atom. The number of likely N-dealkylation sites (tertiary alicyclic amines) is 3. The number of fused-ring (bicyclic) bond motifs is 1. The van der Waals surface area contributed by atoms with E-state index in [9.17, 15) is 24.3 Å². The van der Waals surface area contributed by atoms with Crippen LogP contribution >= 0.6 is 0 Å². The van der Waals surface area contributed by atoms with Crippen LogP contribution in [0.4, 0.5) is 15.3 Å². The van der Waals surface area contributed by atoms with Crippen LogP contribution in [0, 0.1) is 25.7 Å². The zero-order valence-corrected chi connectivity index (χ0v) is 35.1. The predicted octanol–water partition coefficient (Wildman–Crippen LogP) is 5.46. The van der Waals surface area contributed by atoms with Crippen LogP contribution in [0.1, 0.15) is 74.6 Å². The third-order valence-electron chi connectivity index (χ3n) is 13.3. The average Bonchev–Trinajstić information content (AvgIpc) is 3.42. The molecule has 0 bridgehead atoms. The van der Waals surface area contributed by atoms with Crippen molar-refractivity contribution in [1.82, 2.24) is 24.5 Å². The van der Waals surface area contributed by atoms with Crippen molar-refractivity contribution in [1.29, 1.82) is 0 Å². The van der Waals surface area contributed by atoms with Crippen molar-refractivity contribution in [2.45, 2.75) is 91.2 Å². The average molecular weight is 833 g/mol. The van der Waals surface area contributed by atoms with Crippen LogP contribution in [-0.4, -0.2) is 158 Å². The minimum Gasteiger partial charge on any atom is -0.507 e. The summed E-state index contributed by atoms with van der Waals surface area (Å²) in [7, 11) is 0. The van der Waals surface area contributed by atoms with Crippen LogP contribution in [-0.2, 0) is 36.6 Å². The number of benzene rings is 2. The lowest BCUT2D eigenvalue weighted by Crippen LogP contribution is -2.52. The third-order valence-corrected chi connectivity index (χ3v) is 13.3. The Bertz CT molecular complexity index is 1740. The molecule has 14 heteroatoms. The van der Waals surface area contributed by atoms with Gasteiger partial charge in [0.15, 0.2) is 6.10 Å². The maximum atomic E-state index is 14.3. The van der Waals surface area contributed by atoms with Crippen LogP contribution in [0.2, 0.25) is 0 Å². The van der Waals surface area contributed by atoms with Gasteiger partial charge in [0.05, 0.1) is 26.4 Å². The second kappa shape index (κ2) is 21.4. The van der Waals surface area contributed by atoms with E-state index in [0.29, 0.717) is 81.7 Å². The van der Waals surface area contributed by atoms with Crippen molar-refractivity contribution in [3.05, 3.63) is 58.7 Å². The largest absolute Gasteiger partial charge is 0.507 e. The van der Waals surface area contributed by atoms with Gasteiger partial charge in [-0.15, -0.1) is 0 Å². The molecule has 2 N–H and O–H groups in total. The number of rotatable bonds is 12. The fraction of sp³-hybridized carbons (Fsp3) is 0.652. The van der Waals surface area contributed by atoms with Crippen LogP contribution in [0.15, 0.2) is 36.4 Å². The molecule has 0 radical (unpaired) electrons. The Morgan fingerprint density at radius 1 is 0.833 bits per heavy atom. The van der Waals surface area contributed by atoms with E-state index in [1.807, 2.05) is 60.0 Å². The fourth-order valence-corrected chi connectivity index (χ4v) is 9.76. The lowest BCUT2D eigenvalue weighted by Gasteiger charge is -2.41. The molecule has 0 saturated carbocycles. The van der Waals surface area contributed by atoms with Gasteiger partial charge in [-0.05, 0) is 118 Å². The number of carbonyl (C=O) groups excluding carboxylic acids is 4. The first kappa shape index (κ1) is 45.1. The lowest BCUT2D eigenvalue weighted by atomic mass is 9.78. The molecular formula is C46H68N6O8. The Morgan fingerprint density at radius 2 is 1.47 bits per heavy atom. The number of piperidine rings is 3. The van der Waals surface area contributed by atoms with Gasteiger partial charge in [-0.2, -0.15) is 0 Å². The number of urea groups is 1. The molecule has 60 heavy (non-hydrogen) atoms. The Balaban J connectivity index is 0.00000604. The Labute approximate surface area is 356 Å². The molecule has 0 aromatic heterocycles. The molecule has 1 atom stereocenters. The van der Waals surface area contributed by atoms with E-state index in [1.165, 1.54) is 0 Å². The van der Waals surface area contributed by atoms with E-state index in [0.717, 1.165) is 101 Å². The maximum absolute atomic E-state index is 14.3. The molecule has 5 aliphatic heterocycles. The van der Waals surface area contributed by atoms with Gasteiger partial charge in [0.1, 0.15) is 5.75 Å². The summed E-state index contributed by atoms with van der Waals surface area (Å²) in [6.45, 7) is 13.2. The summed E-state index contributed by atoms with van der Waals surface area (Å²) in [5, 5.41) is 13.5. The summed E-state index contributed by atoms with van der Waals surface area (Å²) in [4.78, 5) is 63.7. The van der Waals surface area contributed by atoms with Gasteiger partial charge in [-0.3, -0.25) is 19.4 Å². The molecule has 4 amide bonds. The SMILES string of the molecule is C.Cc1cc(C[C@@H](OC(=O)N2CCC(N3CCc4ccccc4NC3=O)CC2)C(=O)N2CCC(C3CCN(CC(=O)OCCCN4CCOCC4)CC3)CC2)cc(C)c1O. The number of aromatic hydroxyl groups is 1. The van der Waals surface area contributed by atoms with Gasteiger partial charge in [0.2, 0.25) is 0 Å². The number of ether oxygens (including phenoxy) is 3. The van der Waals surface area contributed by atoms with Crippen molar-refractivity contribution in [3.8, 4) is 5.75 Å². The molecule has 5 aliphatic rings.